The Morgan fingerprint density at radius 1 is 0.903 bits per heavy atom. The number of carbonyl (C=O) groups excluding carboxylic acids is 1. The Balaban J connectivity index is 0.000000208. The van der Waals surface area contributed by atoms with E-state index in [0.717, 1.165) is 39.7 Å². The molecule has 0 bridgehead atoms. The topological polar surface area (TPSA) is 108 Å². The number of rotatable bonds is 4. The van der Waals surface area contributed by atoms with Gasteiger partial charge in [0.1, 0.15) is 12.1 Å². The van der Waals surface area contributed by atoms with Gasteiger partial charge in [-0.3, -0.25) is 0 Å². The Labute approximate surface area is 190 Å². The number of quaternary nitrogens is 1. The summed E-state index contributed by atoms with van der Waals surface area (Å²) in [5.74, 6) is -1.22. The van der Waals surface area contributed by atoms with Crippen LogP contribution in [0.1, 0.15) is 32.9 Å². The molecular formula is C24H24ClNO4S. The smallest absolute Gasteiger partial charge is 0.140 e. The van der Waals surface area contributed by atoms with Gasteiger partial charge in [0.2, 0.25) is 0 Å². The van der Waals surface area contributed by atoms with Crippen molar-refractivity contribution < 1.29 is 25.8 Å². The van der Waals surface area contributed by atoms with Crippen LogP contribution in [0.3, 0.4) is 0 Å². The molecule has 5 N–H and O–H groups in total. The molecule has 31 heavy (non-hydrogen) atoms. The average molecular weight is 458 g/mol. The molecule has 2 atom stereocenters. The number of aromatic carboxylic acids is 1. The van der Waals surface area contributed by atoms with Crippen molar-refractivity contribution in [3.05, 3.63) is 106 Å². The van der Waals surface area contributed by atoms with Crippen LogP contribution in [0.4, 0.5) is 0 Å². The van der Waals surface area contributed by atoms with Crippen molar-refractivity contribution in [1.29, 1.82) is 0 Å². The van der Waals surface area contributed by atoms with Crippen molar-refractivity contribution in [3.63, 3.8) is 0 Å². The van der Waals surface area contributed by atoms with Gasteiger partial charge in [-0.15, -0.1) is 11.3 Å². The van der Waals surface area contributed by atoms with Gasteiger partial charge < -0.3 is 25.8 Å². The van der Waals surface area contributed by atoms with E-state index in [-0.39, 0.29) is 15.9 Å². The monoisotopic (exact) mass is 457 g/mol. The van der Waals surface area contributed by atoms with Crippen LogP contribution in [0.5, 0.6) is 0 Å². The largest absolute Gasteiger partial charge is 0.544 e. The van der Waals surface area contributed by atoms with E-state index in [4.69, 9.17) is 16.7 Å². The molecule has 0 aliphatic heterocycles. The molecule has 0 unspecified atom stereocenters. The summed E-state index contributed by atoms with van der Waals surface area (Å²) in [6, 6.07) is 26.7. The summed E-state index contributed by atoms with van der Waals surface area (Å²) in [4.78, 5) is 10.7. The van der Waals surface area contributed by atoms with E-state index in [0.29, 0.717) is 0 Å². The average Bonchev–Trinajstić information content (AvgIpc) is 3.18. The normalized spacial score (nSPS) is 12.0. The van der Waals surface area contributed by atoms with Crippen molar-refractivity contribution >= 4 is 39.0 Å². The maximum absolute atomic E-state index is 10.6. The number of carbonyl (C=O) groups is 1. The summed E-state index contributed by atoms with van der Waals surface area (Å²) < 4.78 is 0.867. The lowest BCUT2D eigenvalue weighted by molar-refractivity contribution is -0.446. The summed E-state index contributed by atoms with van der Waals surface area (Å²) in [5, 5.41) is 28.8. The van der Waals surface area contributed by atoms with Gasteiger partial charge in [0.05, 0.1) is 15.9 Å². The summed E-state index contributed by atoms with van der Waals surface area (Å²) in [6.07, 6.45) is -0.552. The van der Waals surface area contributed by atoms with Gasteiger partial charge in [-0.25, -0.2) is 0 Å². The lowest BCUT2D eigenvalue weighted by atomic mass is 9.97. The number of hydrogen-bond donors (Lipinski definition) is 3. The number of carboxylic acids is 1. The standard InChI is InChI=1S/C14H15NO.C9H5ClO2S.CH4O/c15-13(11-7-3-1-4-8-11)14(16)12-9-5-2-6-10-12;10-7-5-3-1-2-4-6(5)13-8(7)9(11)12;1-2/h1-10,13-14,16H,15H2;1-4H,(H,11,12);2H,1H3/t13-,14+;;/m0../s1. The van der Waals surface area contributed by atoms with Crippen molar-refractivity contribution in [3.8, 4) is 0 Å². The highest BCUT2D eigenvalue weighted by atomic mass is 35.5. The molecule has 3 aromatic carbocycles. The first kappa shape index (κ1) is 24.5. The highest BCUT2D eigenvalue weighted by Gasteiger charge is 2.21. The van der Waals surface area contributed by atoms with Gasteiger partial charge in [-0.05, 0) is 11.6 Å². The number of fused-ring (bicyclic) bond motifs is 1. The number of carboxylic acid groups (broad SMARTS) is 1. The Hall–Kier alpha value is -2.74. The third-order valence-corrected chi connectivity index (χ3v) is 6.13. The lowest BCUT2D eigenvalue weighted by Crippen LogP contribution is -2.56. The number of aliphatic hydroxyl groups is 2. The molecule has 0 aliphatic carbocycles. The van der Waals surface area contributed by atoms with Crippen LogP contribution in [0.25, 0.3) is 10.1 Å². The van der Waals surface area contributed by atoms with Crippen LogP contribution < -0.4 is 10.8 Å². The zero-order chi connectivity index (χ0) is 22.8. The summed E-state index contributed by atoms with van der Waals surface area (Å²) in [6.45, 7) is 0. The lowest BCUT2D eigenvalue weighted by Gasteiger charge is -2.16. The fourth-order valence-electron chi connectivity index (χ4n) is 2.91. The van der Waals surface area contributed by atoms with Gasteiger partial charge in [0.25, 0.3) is 0 Å². The molecule has 0 spiro atoms. The molecular weight excluding hydrogens is 434 g/mol. The first-order valence-corrected chi connectivity index (χ1v) is 10.6. The van der Waals surface area contributed by atoms with Crippen LogP contribution in [0.2, 0.25) is 5.02 Å². The third kappa shape index (κ3) is 6.37. The number of halogens is 1. The molecule has 5 nitrogen and oxygen atoms in total. The van der Waals surface area contributed by atoms with Gasteiger partial charge in [-0.1, -0.05) is 90.5 Å². The molecule has 0 saturated carbocycles. The number of aliphatic hydroxyl groups excluding tert-OH is 2. The molecule has 4 rings (SSSR count). The minimum absolute atomic E-state index is 0.0999. The zero-order valence-electron chi connectivity index (χ0n) is 16.9. The van der Waals surface area contributed by atoms with Crippen LogP contribution in [-0.2, 0) is 0 Å². The summed E-state index contributed by atoms with van der Waals surface area (Å²) in [5.41, 5.74) is 6.00. The van der Waals surface area contributed by atoms with E-state index >= 15 is 0 Å². The molecule has 7 heteroatoms. The first-order chi connectivity index (χ1) is 15.0. The zero-order valence-corrected chi connectivity index (χ0v) is 18.5. The summed E-state index contributed by atoms with van der Waals surface area (Å²) in [7, 11) is 1.00. The molecule has 0 amide bonds. The predicted molar refractivity (Wildman–Crippen MR) is 123 cm³/mol. The molecule has 0 fully saturated rings. The van der Waals surface area contributed by atoms with E-state index in [2.05, 4.69) is 5.73 Å². The van der Waals surface area contributed by atoms with E-state index < -0.39 is 12.1 Å². The molecule has 0 radical (unpaired) electrons. The Bertz CT molecular complexity index is 1040. The van der Waals surface area contributed by atoms with E-state index in [1.54, 1.807) is 6.07 Å². The van der Waals surface area contributed by atoms with E-state index in [1.807, 2.05) is 78.9 Å². The van der Waals surface area contributed by atoms with Gasteiger partial charge in [0, 0.05) is 22.8 Å². The number of benzene rings is 3. The molecule has 1 aromatic heterocycles. The fourth-order valence-corrected chi connectivity index (χ4v) is 4.25. The second-order valence-electron chi connectivity index (χ2n) is 6.40. The maximum Gasteiger partial charge on any atom is 0.140 e. The van der Waals surface area contributed by atoms with Gasteiger partial charge in [0.15, 0.2) is 0 Å². The van der Waals surface area contributed by atoms with Crippen LogP contribution >= 0.6 is 22.9 Å². The second kappa shape index (κ2) is 12.2. The second-order valence-corrected chi connectivity index (χ2v) is 7.83. The minimum atomic E-state index is -1.22. The highest BCUT2D eigenvalue weighted by Crippen LogP contribution is 2.34. The Kier molecular flexibility index (Phi) is 9.65. The molecule has 0 aliphatic rings. The Morgan fingerprint density at radius 3 is 1.90 bits per heavy atom. The van der Waals surface area contributed by atoms with Crippen LogP contribution in [-0.4, -0.2) is 23.3 Å². The van der Waals surface area contributed by atoms with E-state index in [9.17, 15) is 15.0 Å². The highest BCUT2D eigenvalue weighted by molar-refractivity contribution is 7.21. The van der Waals surface area contributed by atoms with E-state index in [1.165, 1.54) is 0 Å². The molecule has 4 aromatic rings. The van der Waals surface area contributed by atoms with Crippen molar-refractivity contribution in [2.45, 2.75) is 12.1 Å². The maximum atomic E-state index is 10.6. The van der Waals surface area contributed by atoms with Crippen LogP contribution in [0.15, 0.2) is 84.9 Å². The summed E-state index contributed by atoms with van der Waals surface area (Å²) >= 11 is 6.98. The van der Waals surface area contributed by atoms with Crippen LogP contribution in [0, 0.1) is 0 Å². The Morgan fingerprint density at radius 2 is 1.39 bits per heavy atom. The number of thiophene rings is 1. The SMILES string of the molecule is CO.O=C([O-])c1sc2ccccc2c1Cl.[NH3+][C@@H](c1ccccc1)[C@H](O)c1ccccc1. The third-order valence-electron chi connectivity index (χ3n) is 4.47. The van der Waals surface area contributed by atoms with Crippen molar-refractivity contribution in [2.24, 2.45) is 0 Å². The fraction of sp³-hybridized carbons (Fsp3) is 0.125. The van der Waals surface area contributed by atoms with Gasteiger partial charge in [-0.2, -0.15) is 0 Å². The predicted octanol–water partition coefficient (Wildman–Crippen LogP) is 3.23. The molecule has 0 saturated heterocycles. The van der Waals surface area contributed by atoms with Crippen molar-refractivity contribution in [1.82, 2.24) is 0 Å². The first-order valence-electron chi connectivity index (χ1n) is 9.43. The minimum Gasteiger partial charge on any atom is -0.544 e. The molecule has 162 valence electrons. The van der Waals surface area contributed by atoms with Crippen molar-refractivity contribution in [2.75, 3.05) is 7.11 Å². The quantitative estimate of drug-likeness (QED) is 0.437. The number of hydrogen-bond acceptors (Lipinski definition) is 5. The molecule has 1 heterocycles. The van der Waals surface area contributed by atoms with Gasteiger partial charge >= 0.3 is 0 Å².